The van der Waals surface area contributed by atoms with Crippen molar-refractivity contribution in [1.82, 2.24) is 9.78 Å². The van der Waals surface area contributed by atoms with E-state index in [0.29, 0.717) is 0 Å². The molecule has 0 unspecified atom stereocenters. The summed E-state index contributed by atoms with van der Waals surface area (Å²) in [5.74, 6) is -0.781. The molecule has 1 aromatic carbocycles. The first kappa shape index (κ1) is 13.3. The SMILES string of the molecule is Cc1cnn(-c2ccc(C(C)(C)CC(=O)O)cc2)c1. The van der Waals surface area contributed by atoms with Crippen molar-refractivity contribution < 1.29 is 9.90 Å². The molecule has 100 valence electrons. The highest BCUT2D eigenvalue weighted by Gasteiger charge is 2.23. The molecule has 0 aliphatic carbocycles. The zero-order valence-electron chi connectivity index (χ0n) is 11.4. The number of carboxylic acids is 1. The van der Waals surface area contributed by atoms with Gasteiger partial charge in [0, 0.05) is 11.6 Å². The molecule has 0 fully saturated rings. The number of hydrogen-bond acceptors (Lipinski definition) is 2. The highest BCUT2D eigenvalue weighted by atomic mass is 16.4. The third-order valence-electron chi connectivity index (χ3n) is 3.22. The Morgan fingerprint density at radius 2 is 1.95 bits per heavy atom. The molecular weight excluding hydrogens is 240 g/mol. The van der Waals surface area contributed by atoms with E-state index in [-0.39, 0.29) is 11.8 Å². The zero-order valence-corrected chi connectivity index (χ0v) is 11.4. The number of hydrogen-bond donors (Lipinski definition) is 1. The number of rotatable bonds is 4. The van der Waals surface area contributed by atoms with E-state index in [4.69, 9.17) is 5.11 Å². The monoisotopic (exact) mass is 258 g/mol. The van der Waals surface area contributed by atoms with Crippen LogP contribution in [0.15, 0.2) is 36.7 Å². The van der Waals surface area contributed by atoms with Gasteiger partial charge in [-0.15, -0.1) is 0 Å². The van der Waals surface area contributed by atoms with Gasteiger partial charge in [-0.25, -0.2) is 4.68 Å². The second-order valence-corrected chi connectivity index (χ2v) is 5.46. The van der Waals surface area contributed by atoms with Crippen LogP contribution < -0.4 is 0 Å². The van der Waals surface area contributed by atoms with Crippen LogP contribution in [0.5, 0.6) is 0 Å². The maximum atomic E-state index is 10.9. The van der Waals surface area contributed by atoms with Crippen LogP contribution in [0.3, 0.4) is 0 Å². The molecule has 0 bridgehead atoms. The molecule has 2 rings (SSSR count). The summed E-state index contributed by atoms with van der Waals surface area (Å²) in [5, 5.41) is 13.2. The fourth-order valence-corrected chi connectivity index (χ4v) is 2.10. The molecule has 0 saturated heterocycles. The van der Waals surface area contributed by atoms with Crippen molar-refractivity contribution in [3.05, 3.63) is 47.8 Å². The number of aromatic nitrogens is 2. The maximum Gasteiger partial charge on any atom is 0.304 e. The molecule has 0 spiro atoms. The minimum Gasteiger partial charge on any atom is -0.481 e. The zero-order chi connectivity index (χ0) is 14.0. The molecule has 2 aromatic rings. The predicted molar refractivity (Wildman–Crippen MR) is 73.6 cm³/mol. The Morgan fingerprint density at radius 1 is 1.32 bits per heavy atom. The lowest BCUT2D eigenvalue weighted by Gasteiger charge is -2.23. The summed E-state index contributed by atoms with van der Waals surface area (Å²) in [6, 6.07) is 7.86. The first-order chi connectivity index (χ1) is 8.88. The van der Waals surface area contributed by atoms with Gasteiger partial charge in [0.2, 0.25) is 0 Å². The molecule has 1 heterocycles. The van der Waals surface area contributed by atoms with Gasteiger partial charge >= 0.3 is 5.97 Å². The molecule has 19 heavy (non-hydrogen) atoms. The fourth-order valence-electron chi connectivity index (χ4n) is 2.10. The molecule has 0 amide bonds. The van der Waals surface area contributed by atoms with E-state index in [9.17, 15) is 4.79 Å². The van der Waals surface area contributed by atoms with E-state index < -0.39 is 5.97 Å². The lowest BCUT2D eigenvalue weighted by Crippen LogP contribution is -2.21. The van der Waals surface area contributed by atoms with Crippen LogP contribution in [-0.2, 0) is 10.2 Å². The van der Waals surface area contributed by atoms with Crippen LogP contribution in [0, 0.1) is 6.92 Å². The molecule has 0 radical (unpaired) electrons. The first-order valence-electron chi connectivity index (χ1n) is 6.22. The number of aliphatic carboxylic acids is 1. The minimum absolute atomic E-state index is 0.118. The first-order valence-corrected chi connectivity index (χ1v) is 6.22. The normalized spacial score (nSPS) is 11.5. The van der Waals surface area contributed by atoms with Crippen LogP contribution in [0.2, 0.25) is 0 Å². The number of carboxylic acid groups (broad SMARTS) is 1. The summed E-state index contributed by atoms with van der Waals surface area (Å²) in [5.41, 5.74) is 2.73. The smallest absolute Gasteiger partial charge is 0.304 e. The average Bonchev–Trinajstić information content (AvgIpc) is 2.74. The van der Waals surface area contributed by atoms with E-state index in [1.165, 1.54) is 0 Å². The van der Waals surface area contributed by atoms with E-state index in [2.05, 4.69) is 5.10 Å². The number of aryl methyl sites for hydroxylation is 1. The highest BCUT2D eigenvalue weighted by Crippen LogP contribution is 2.27. The predicted octanol–water partition coefficient (Wildman–Crippen LogP) is 2.93. The van der Waals surface area contributed by atoms with Crippen molar-refractivity contribution in [2.24, 2.45) is 0 Å². The van der Waals surface area contributed by atoms with Gasteiger partial charge in [0.15, 0.2) is 0 Å². The molecule has 0 aliphatic rings. The molecule has 0 saturated carbocycles. The standard InChI is InChI=1S/C15H18N2O2/c1-11-9-16-17(10-11)13-6-4-12(5-7-13)15(2,3)8-14(18)19/h4-7,9-10H,8H2,1-3H3,(H,18,19). The molecule has 1 aromatic heterocycles. The van der Waals surface area contributed by atoms with Gasteiger partial charge in [0.05, 0.1) is 18.3 Å². The molecular formula is C15H18N2O2. The Balaban J connectivity index is 2.25. The van der Waals surface area contributed by atoms with Crippen LogP contribution in [-0.4, -0.2) is 20.9 Å². The van der Waals surface area contributed by atoms with Gasteiger partial charge in [-0.05, 0) is 30.2 Å². The second kappa shape index (κ2) is 4.88. The van der Waals surface area contributed by atoms with Crippen molar-refractivity contribution in [3.8, 4) is 5.69 Å². The number of carbonyl (C=O) groups is 1. The van der Waals surface area contributed by atoms with Crippen molar-refractivity contribution >= 4 is 5.97 Å². The quantitative estimate of drug-likeness (QED) is 0.917. The topological polar surface area (TPSA) is 55.1 Å². The molecule has 0 atom stereocenters. The summed E-state index contributed by atoms with van der Waals surface area (Å²) in [6.45, 7) is 5.87. The van der Waals surface area contributed by atoms with Gasteiger partial charge in [-0.1, -0.05) is 26.0 Å². The Hall–Kier alpha value is -2.10. The van der Waals surface area contributed by atoms with E-state index in [0.717, 1.165) is 16.8 Å². The lowest BCUT2D eigenvalue weighted by atomic mass is 9.81. The van der Waals surface area contributed by atoms with Gasteiger partial charge < -0.3 is 5.11 Å². The number of benzene rings is 1. The maximum absolute atomic E-state index is 10.9. The Kier molecular flexibility index (Phi) is 3.42. The summed E-state index contributed by atoms with van der Waals surface area (Å²) < 4.78 is 1.81. The van der Waals surface area contributed by atoms with E-state index in [1.807, 2.05) is 62.1 Å². The minimum atomic E-state index is -0.781. The van der Waals surface area contributed by atoms with E-state index in [1.54, 1.807) is 0 Å². The van der Waals surface area contributed by atoms with Crippen molar-refractivity contribution in [2.45, 2.75) is 32.6 Å². The van der Waals surface area contributed by atoms with Crippen molar-refractivity contribution in [1.29, 1.82) is 0 Å². The molecule has 1 N–H and O–H groups in total. The van der Waals surface area contributed by atoms with E-state index >= 15 is 0 Å². The average molecular weight is 258 g/mol. The summed E-state index contributed by atoms with van der Waals surface area (Å²) in [7, 11) is 0. The van der Waals surface area contributed by atoms with Crippen molar-refractivity contribution in [2.75, 3.05) is 0 Å². The van der Waals surface area contributed by atoms with Gasteiger partial charge in [-0.3, -0.25) is 4.79 Å². The van der Waals surface area contributed by atoms with Crippen LogP contribution >= 0.6 is 0 Å². The third-order valence-corrected chi connectivity index (χ3v) is 3.22. The summed E-state index contributed by atoms with van der Waals surface area (Å²) in [6.07, 6.45) is 3.88. The summed E-state index contributed by atoms with van der Waals surface area (Å²) >= 11 is 0. The van der Waals surface area contributed by atoms with Crippen LogP contribution in [0.25, 0.3) is 5.69 Å². The van der Waals surface area contributed by atoms with Gasteiger partial charge in [-0.2, -0.15) is 5.10 Å². The number of nitrogens with zero attached hydrogens (tertiary/aromatic N) is 2. The van der Waals surface area contributed by atoms with Gasteiger partial charge in [0.1, 0.15) is 0 Å². The van der Waals surface area contributed by atoms with Gasteiger partial charge in [0.25, 0.3) is 0 Å². The highest BCUT2D eigenvalue weighted by molar-refractivity contribution is 5.68. The largest absolute Gasteiger partial charge is 0.481 e. The Bertz CT molecular complexity index is 582. The Morgan fingerprint density at radius 3 is 2.42 bits per heavy atom. The summed E-state index contributed by atoms with van der Waals surface area (Å²) in [4.78, 5) is 10.9. The second-order valence-electron chi connectivity index (χ2n) is 5.46. The van der Waals surface area contributed by atoms with Crippen molar-refractivity contribution in [3.63, 3.8) is 0 Å². The van der Waals surface area contributed by atoms with Crippen LogP contribution in [0.4, 0.5) is 0 Å². The molecule has 4 heteroatoms. The third kappa shape index (κ3) is 3.02. The molecule has 4 nitrogen and oxygen atoms in total. The fraction of sp³-hybridized carbons (Fsp3) is 0.333. The molecule has 0 aliphatic heterocycles. The lowest BCUT2D eigenvalue weighted by molar-refractivity contribution is -0.138. The van der Waals surface area contributed by atoms with Crippen LogP contribution in [0.1, 0.15) is 31.4 Å². The Labute approximate surface area is 112 Å².